The van der Waals surface area contributed by atoms with Crippen molar-refractivity contribution in [3.8, 4) is 0 Å². The molecule has 0 aliphatic heterocycles. The van der Waals surface area contributed by atoms with Gasteiger partial charge >= 0.3 is 0 Å². The van der Waals surface area contributed by atoms with Crippen LogP contribution in [0.5, 0.6) is 0 Å². The van der Waals surface area contributed by atoms with Crippen molar-refractivity contribution in [2.75, 3.05) is 0 Å². The van der Waals surface area contributed by atoms with Crippen LogP contribution < -0.4 is 0 Å². The van der Waals surface area contributed by atoms with Gasteiger partial charge in [-0.05, 0) is 24.1 Å². The summed E-state index contributed by atoms with van der Waals surface area (Å²) in [6, 6.07) is 7.69. The third kappa shape index (κ3) is 2.50. The number of hydrogen-bond acceptors (Lipinski definition) is 2. The molecule has 0 fully saturated rings. The van der Waals surface area contributed by atoms with Crippen LogP contribution in [0, 0.1) is 0 Å². The molecule has 2 rings (SSSR count). The minimum atomic E-state index is -0.490. The number of benzene rings is 1. The van der Waals surface area contributed by atoms with Gasteiger partial charge in [-0.1, -0.05) is 38.0 Å². The minimum absolute atomic E-state index is 0.360. The summed E-state index contributed by atoms with van der Waals surface area (Å²) in [7, 11) is 0. The molecular formula is C13H15ClN2O. The fourth-order valence-corrected chi connectivity index (χ4v) is 2.09. The van der Waals surface area contributed by atoms with Crippen LogP contribution >= 0.6 is 11.6 Å². The lowest BCUT2D eigenvalue weighted by Crippen LogP contribution is -2.01. The molecule has 3 nitrogen and oxygen atoms in total. The maximum atomic E-state index is 11.3. The summed E-state index contributed by atoms with van der Waals surface area (Å²) in [5.74, 6) is 0. The average molecular weight is 251 g/mol. The van der Waals surface area contributed by atoms with E-state index in [1.54, 1.807) is 0 Å². The van der Waals surface area contributed by atoms with E-state index >= 15 is 0 Å². The molecule has 0 saturated carbocycles. The van der Waals surface area contributed by atoms with Crippen LogP contribution in [0.25, 0.3) is 10.9 Å². The van der Waals surface area contributed by atoms with Gasteiger partial charge in [0.15, 0.2) is 5.69 Å². The second-order valence-corrected chi connectivity index (χ2v) is 4.41. The number of aryl methyl sites for hydroxylation is 1. The Labute approximate surface area is 105 Å². The Morgan fingerprint density at radius 1 is 1.35 bits per heavy atom. The first-order valence-corrected chi connectivity index (χ1v) is 6.27. The lowest BCUT2D eigenvalue weighted by Gasteiger charge is -2.01. The number of rotatable bonds is 5. The Hall–Kier alpha value is -1.35. The number of carbonyl (C=O) groups is 1. The van der Waals surface area contributed by atoms with Crippen molar-refractivity contribution in [1.29, 1.82) is 0 Å². The molecule has 90 valence electrons. The third-order valence-electron chi connectivity index (χ3n) is 2.82. The Morgan fingerprint density at radius 2 is 2.12 bits per heavy atom. The van der Waals surface area contributed by atoms with Gasteiger partial charge in [0.1, 0.15) is 0 Å². The second kappa shape index (κ2) is 5.32. The fourth-order valence-electron chi connectivity index (χ4n) is 1.95. The molecule has 0 spiro atoms. The fraction of sp³-hybridized carbons (Fsp3) is 0.385. The largest absolute Gasteiger partial charge is 0.274 e. The number of para-hydroxylation sites is 1. The first-order valence-electron chi connectivity index (χ1n) is 5.89. The maximum Gasteiger partial charge on any atom is 0.273 e. The molecular weight excluding hydrogens is 236 g/mol. The molecule has 4 heteroatoms. The number of hydrogen-bond donors (Lipinski definition) is 0. The van der Waals surface area contributed by atoms with E-state index in [0.717, 1.165) is 23.9 Å². The van der Waals surface area contributed by atoms with Gasteiger partial charge in [0.2, 0.25) is 0 Å². The molecule has 0 saturated heterocycles. The summed E-state index contributed by atoms with van der Waals surface area (Å²) in [4.78, 5) is 11.3. The summed E-state index contributed by atoms with van der Waals surface area (Å²) < 4.78 is 1.88. The summed E-state index contributed by atoms with van der Waals surface area (Å²) in [5.41, 5.74) is 1.34. The van der Waals surface area contributed by atoms with Crippen molar-refractivity contribution in [3.63, 3.8) is 0 Å². The Balaban J connectivity index is 2.38. The number of fused-ring (bicyclic) bond motifs is 1. The molecule has 2 aromatic rings. The van der Waals surface area contributed by atoms with E-state index in [-0.39, 0.29) is 0 Å². The zero-order valence-corrected chi connectivity index (χ0v) is 10.6. The van der Waals surface area contributed by atoms with E-state index in [1.165, 1.54) is 12.8 Å². The first kappa shape index (κ1) is 12.1. The highest BCUT2D eigenvalue weighted by atomic mass is 35.5. The summed E-state index contributed by atoms with van der Waals surface area (Å²) in [5, 5.41) is 4.64. The van der Waals surface area contributed by atoms with Gasteiger partial charge in [0.25, 0.3) is 5.24 Å². The number of aromatic nitrogens is 2. The summed E-state index contributed by atoms with van der Waals surface area (Å²) >= 11 is 5.54. The third-order valence-corrected chi connectivity index (χ3v) is 3.00. The van der Waals surface area contributed by atoms with Crippen molar-refractivity contribution in [1.82, 2.24) is 9.78 Å². The molecule has 1 heterocycles. The smallest absolute Gasteiger partial charge is 0.273 e. The number of halogens is 1. The van der Waals surface area contributed by atoms with Crippen LogP contribution in [-0.2, 0) is 6.54 Å². The van der Waals surface area contributed by atoms with E-state index in [2.05, 4.69) is 12.0 Å². The van der Waals surface area contributed by atoms with Crippen molar-refractivity contribution < 1.29 is 4.79 Å². The van der Waals surface area contributed by atoms with Gasteiger partial charge in [0.05, 0.1) is 5.52 Å². The number of nitrogens with zero attached hydrogens (tertiary/aromatic N) is 2. The minimum Gasteiger partial charge on any atom is -0.274 e. The standard InChI is InChI=1S/C13H15ClN2O/c1-2-3-6-9-16-11-8-5-4-7-10(11)12(15-16)13(14)17/h4-5,7-8H,2-3,6,9H2,1H3. The molecule has 0 unspecified atom stereocenters. The molecule has 0 N–H and O–H groups in total. The lowest BCUT2D eigenvalue weighted by atomic mass is 10.2. The zero-order chi connectivity index (χ0) is 12.3. The van der Waals surface area contributed by atoms with Crippen molar-refractivity contribution in [2.24, 2.45) is 0 Å². The Kier molecular flexibility index (Phi) is 3.79. The highest BCUT2D eigenvalue weighted by molar-refractivity contribution is 6.68. The normalized spacial score (nSPS) is 10.9. The number of unbranched alkanes of at least 4 members (excludes halogenated alkanes) is 2. The van der Waals surface area contributed by atoms with Gasteiger partial charge in [0, 0.05) is 11.9 Å². The van der Waals surface area contributed by atoms with Gasteiger partial charge in [-0.2, -0.15) is 5.10 Å². The molecule has 0 aliphatic rings. The summed E-state index contributed by atoms with van der Waals surface area (Å²) in [6.07, 6.45) is 3.40. The van der Waals surface area contributed by atoms with Gasteiger partial charge in [-0.25, -0.2) is 0 Å². The van der Waals surface area contributed by atoms with Crippen LogP contribution in [0.15, 0.2) is 24.3 Å². The van der Waals surface area contributed by atoms with Crippen LogP contribution in [0.3, 0.4) is 0 Å². The van der Waals surface area contributed by atoms with Crippen LogP contribution in [-0.4, -0.2) is 15.0 Å². The van der Waals surface area contributed by atoms with Gasteiger partial charge < -0.3 is 0 Å². The van der Waals surface area contributed by atoms with E-state index < -0.39 is 5.24 Å². The highest BCUT2D eigenvalue weighted by Gasteiger charge is 2.14. The van der Waals surface area contributed by atoms with Crippen LogP contribution in [0.1, 0.15) is 36.7 Å². The molecule has 0 atom stereocenters. The molecule has 0 aliphatic carbocycles. The van der Waals surface area contributed by atoms with Crippen molar-refractivity contribution >= 4 is 27.7 Å². The molecule has 1 aromatic carbocycles. The second-order valence-electron chi connectivity index (χ2n) is 4.07. The molecule has 0 radical (unpaired) electrons. The predicted molar refractivity (Wildman–Crippen MR) is 69.4 cm³/mol. The monoisotopic (exact) mass is 250 g/mol. The van der Waals surface area contributed by atoms with E-state index in [0.29, 0.717) is 5.69 Å². The van der Waals surface area contributed by atoms with Crippen LogP contribution in [0.2, 0.25) is 0 Å². The lowest BCUT2D eigenvalue weighted by molar-refractivity contribution is 0.107. The Bertz CT molecular complexity index is 533. The first-order chi connectivity index (χ1) is 8.24. The van der Waals surface area contributed by atoms with E-state index in [9.17, 15) is 4.79 Å². The predicted octanol–water partition coefficient (Wildman–Crippen LogP) is 3.61. The summed E-state index contributed by atoms with van der Waals surface area (Å²) in [6.45, 7) is 2.99. The maximum absolute atomic E-state index is 11.3. The zero-order valence-electron chi connectivity index (χ0n) is 9.82. The number of carbonyl (C=O) groups excluding carboxylic acids is 1. The SMILES string of the molecule is CCCCCn1nc(C(=O)Cl)c2ccccc21. The molecule has 0 bridgehead atoms. The van der Waals surface area contributed by atoms with Gasteiger partial charge in [-0.15, -0.1) is 0 Å². The highest BCUT2D eigenvalue weighted by Crippen LogP contribution is 2.20. The van der Waals surface area contributed by atoms with Gasteiger partial charge in [-0.3, -0.25) is 9.48 Å². The van der Waals surface area contributed by atoms with Crippen LogP contribution in [0.4, 0.5) is 0 Å². The average Bonchev–Trinajstić information content (AvgIpc) is 2.69. The quantitative estimate of drug-likeness (QED) is 0.600. The van der Waals surface area contributed by atoms with Crippen molar-refractivity contribution in [3.05, 3.63) is 30.0 Å². The van der Waals surface area contributed by atoms with E-state index in [4.69, 9.17) is 11.6 Å². The molecule has 17 heavy (non-hydrogen) atoms. The van der Waals surface area contributed by atoms with E-state index in [1.807, 2.05) is 28.9 Å². The molecule has 0 amide bonds. The topological polar surface area (TPSA) is 34.9 Å². The molecule has 1 aromatic heterocycles. The van der Waals surface area contributed by atoms with Crippen molar-refractivity contribution in [2.45, 2.75) is 32.7 Å². The Morgan fingerprint density at radius 3 is 2.82 bits per heavy atom.